The standard InChI is InChI=1S/C30H34F2N2O5/c1-3-5-18-38-28(36)34-29(37,4-2)30(31,32)27(35)33-20-23-12-9-13-25(19-23)24-14-16-26(17-15-24)39-21-22-10-7-6-8-11-22/h6-17,19,37H,3-5,18,20-21H2,1-2H3,(H,33,35)(H,34,36). The molecule has 0 aromatic heterocycles. The predicted molar refractivity (Wildman–Crippen MR) is 144 cm³/mol. The van der Waals surface area contributed by atoms with Crippen molar-refractivity contribution in [2.75, 3.05) is 6.61 Å². The molecule has 0 spiro atoms. The molecule has 0 saturated carbocycles. The Labute approximate surface area is 227 Å². The highest BCUT2D eigenvalue weighted by molar-refractivity contribution is 5.85. The van der Waals surface area contributed by atoms with Crippen LogP contribution in [-0.2, 0) is 22.7 Å². The molecule has 0 radical (unpaired) electrons. The molecule has 0 aliphatic heterocycles. The fraction of sp³-hybridized carbons (Fsp3) is 0.333. The molecule has 208 valence electrons. The largest absolute Gasteiger partial charge is 0.489 e. The molecule has 1 atom stereocenters. The Morgan fingerprint density at radius 2 is 1.59 bits per heavy atom. The van der Waals surface area contributed by atoms with Gasteiger partial charge < -0.3 is 19.9 Å². The summed E-state index contributed by atoms with van der Waals surface area (Å²) in [5.41, 5.74) is 0.235. The summed E-state index contributed by atoms with van der Waals surface area (Å²) in [4.78, 5) is 24.3. The summed E-state index contributed by atoms with van der Waals surface area (Å²) in [5, 5.41) is 14.3. The van der Waals surface area contributed by atoms with Crippen molar-refractivity contribution in [3.05, 3.63) is 90.0 Å². The first-order chi connectivity index (χ1) is 18.7. The van der Waals surface area contributed by atoms with Crippen molar-refractivity contribution in [3.63, 3.8) is 0 Å². The SMILES string of the molecule is CCCCOC(=O)NC(O)(CC)C(F)(F)C(=O)NCc1cccc(-c2ccc(OCc3ccccc3)cc2)c1. The van der Waals surface area contributed by atoms with E-state index < -0.39 is 30.1 Å². The minimum absolute atomic E-state index is 0.0136. The van der Waals surface area contributed by atoms with Gasteiger partial charge in [0.1, 0.15) is 12.4 Å². The molecule has 0 fully saturated rings. The van der Waals surface area contributed by atoms with Crippen LogP contribution in [0.2, 0.25) is 0 Å². The van der Waals surface area contributed by atoms with E-state index in [-0.39, 0.29) is 13.2 Å². The van der Waals surface area contributed by atoms with Crippen LogP contribution in [0.5, 0.6) is 5.75 Å². The monoisotopic (exact) mass is 540 g/mol. The average Bonchev–Trinajstić information content (AvgIpc) is 2.95. The van der Waals surface area contributed by atoms with Crippen LogP contribution < -0.4 is 15.4 Å². The molecular weight excluding hydrogens is 506 g/mol. The lowest BCUT2D eigenvalue weighted by Crippen LogP contribution is -2.65. The summed E-state index contributed by atoms with van der Waals surface area (Å²) < 4.78 is 40.5. The summed E-state index contributed by atoms with van der Waals surface area (Å²) in [7, 11) is 0. The van der Waals surface area contributed by atoms with E-state index in [1.165, 1.54) is 6.92 Å². The van der Waals surface area contributed by atoms with E-state index >= 15 is 0 Å². The molecule has 0 bridgehead atoms. The lowest BCUT2D eigenvalue weighted by Gasteiger charge is -2.34. The lowest BCUT2D eigenvalue weighted by molar-refractivity contribution is -0.201. The van der Waals surface area contributed by atoms with Gasteiger partial charge in [0.05, 0.1) is 6.61 Å². The first-order valence-electron chi connectivity index (χ1n) is 12.9. The molecule has 3 rings (SSSR count). The zero-order chi connectivity index (χ0) is 28.3. The molecule has 39 heavy (non-hydrogen) atoms. The first kappa shape index (κ1) is 29.6. The highest BCUT2D eigenvalue weighted by Crippen LogP contribution is 2.30. The minimum atomic E-state index is -4.31. The number of halogens is 2. The number of carbonyl (C=O) groups excluding carboxylic acids is 2. The van der Waals surface area contributed by atoms with Crippen LogP contribution in [0.15, 0.2) is 78.9 Å². The molecule has 3 aromatic rings. The number of alkyl halides is 2. The normalized spacial score (nSPS) is 12.7. The fourth-order valence-electron chi connectivity index (χ4n) is 3.73. The molecule has 0 heterocycles. The van der Waals surface area contributed by atoms with Crippen molar-refractivity contribution in [2.45, 2.75) is 57.9 Å². The molecule has 3 aromatic carbocycles. The fourth-order valence-corrected chi connectivity index (χ4v) is 3.73. The highest BCUT2D eigenvalue weighted by Gasteiger charge is 2.58. The molecule has 1 unspecified atom stereocenters. The van der Waals surface area contributed by atoms with E-state index in [0.717, 1.165) is 23.1 Å². The van der Waals surface area contributed by atoms with Crippen LogP contribution in [0.4, 0.5) is 13.6 Å². The van der Waals surface area contributed by atoms with Gasteiger partial charge in [0.2, 0.25) is 5.72 Å². The smallest absolute Gasteiger partial charge is 0.409 e. The number of hydrogen-bond donors (Lipinski definition) is 3. The van der Waals surface area contributed by atoms with E-state index in [2.05, 4.69) is 5.32 Å². The predicted octanol–water partition coefficient (Wildman–Crippen LogP) is 5.81. The van der Waals surface area contributed by atoms with Gasteiger partial charge in [-0.3, -0.25) is 10.1 Å². The maximum Gasteiger partial charge on any atom is 0.409 e. The number of ether oxygens (including phenoxy) is 2. The van der Waals surface area contributed by atoms with Gasteiger partial charge in [0.15, 0.2) is 0 Å². The van der Waals surface area contributed by atoms with Crippen LogP contribution in [0.3, 0.4) is 0 Å². The summed E-state index contributed by atoms with van der Waals surface area (Å²) >= 11 is 0. The van der Waals surface area contributed by atoms with Gasteiger partial charge in [-0.1, -0.05) is 80.9 Å². The highest BCUT2D eigenvalue weighted by atomic mass is 19.3. The molecule has 9 heteroatoms. The topological polar surface area (TPSA) is 96.9 Å². The molecule has 0 aliphatic carbocycles. The van der Waals surface area contributed by atoms with E-state index in [1.54, 1.807) is 23.5 Å². The summed E-state index contributed by atoms with van der Waals surface area (Å²) in [6, 6.07) is 24.4. The Kier molecular flexibility index (Phi) is 10.4. The Morgan fingerprint density at radius 1 is 0.897 bits per heavy atom. The van der Waals surface area contributed by atoms with Gasteiger partial charge in [-0.25, -0.2) is 4.79 Å². The summed E-state index contributed by atoms with van der Waals surface area (Å²) in [6.07, 6.45) is -0.555. The average molecular weight is 541 g/mol. The number of nitrogens with one attached hydrogen (secondary N) is 2. The van der Waals surface area contributed by atoms with Crippen LogP contribution in [-0.4, -0.2) is 35.4 Å². The number of aliphatic hydroxyl groups is 1. The molecule has 0 aliphatic rings. The number of unbranched alkanes of at least 4 members (excludes halogenated alkanes) is 1. The Hall–Kier alpha value is -3.98. The summed E-state index contributed by atoms with van der Waals surface area (Å²) in [6.45, 7) is 3.36. The molecule has 3 N–H and O–H groups in total. The minimum Gasteiger partial charge on any atom is -0.489 e. The second-order valence-corrected chi connectivity index (χ2v) is 9.08. The van der Waals surface area contributed by atoms with Gasteiger partial charge in [-0.15, -0.1) is 0 Å². The van der Waals surface area contributed by atoms with Crippen molar-refractivity contribution in [1.82, 2.24) is 10.6 Å². The zero-order valence-corrected chi connectivity index (χ0v) is 22.1. The second kappa shape index (κ2) is 13.7. The maximum atomic E-state index is 14.9. The van der Waals surface area contributed by atoms with Crippen LogP contribution in [0, 0.1) is 0 Å². The van der Waals surface area contributed by atoms with Crippen molar-refractivity contribution in [1.29, 1.82) is 0 Å². The number of carbonyl (C=O) groups is 2. The molecule has 7 nitrogen and oxygen atoms in total. The van der Waals surface area contributed by atoms with Gasteiger partial charge in [0, 0.05) is 6.54 Å². The van der Waals surface area contributed by atoms with Crippen LogP contribution in [0.25, 0.3) is 11.1 Å². The zero-order valence-electron chi connectivity index (χ0n) is 22.1. The van der Waals surface area contributed by atoms with Gasteiger partial charge in [-0.05, 0) is 53.3 Å². The number of alkyl carbamates (subject to hydrolysis) is 1. The molecule has 0 saturated heterocycles. The third-order valence-corrected chi connectivity index (χ3v) is 6.17. The summed E-state index contributed by atoms with van der Waals surface area (Å²) in [5.74, 6) is -5.32. The third kappa shape index (κ3) is 8.00. The van der Waals surface area contributed by atoms with Gasteiger partial charge >= 0.3 is 12.0 Å². The number of rotatable bonds is 13. The van der Waals surface area contributed by atoms with Crippen molar-refractivity contribution in [3.8, 4) is 16.9 Å². The number of benzene rings is 3. The Morgan fingerprint density at radius 3 is 2.26 bits per heavy atom. The van der Waals surface area contributed by atoms with Crippen LogP contribution >= 0.6 is 0 Å². The molecular formula is C30H34F2N2O5. The van der Waals surface area contributed by atoms with Crippen molar-refractivity contribution in [2.24, 2.45) is 0 Å². The number of amides is 2. The molecule has 2 amide bonds. The van der Waals surface area contributed by atoms with Gasteiger partial charge in [-0.2, -0.15) is 8.78 Å². The van der Waals surface area contributed by atoms with E-state index in [4.69, 9.17) is 9.47 Å². The van der Waals surface area contributed by atoms with Crippen molar-refractivity contribution >= 4 is 12.0 Å². The third-order valence-electron chi connectivity index (χ3n) is 6.17. The van der Waals surface area contributed by atoms with Crippen LogP contribution in [0.1, 0.15) is 44.2 Å². The second-order valence-electron chi connectivity index (χ2n) is 9.08. The van der Waals surface area contributed by atoms with Gasteiger partial charge in [0.25, 0.3) is 5.91 Å². The van der Waals surface area contributed by atoms with E-state index in [0.29, 0.717) is 24.3 Å². The maximum absolute atomic E-state index is 14.9. The van der Waals surface area contributed by atoms with Crippen molar-refractivity contribution < 1.29 is 33.0 Å². The lowest BCUT2D eigenvalue weighted by atomic mass is 10.0. The number of hydrogen-bond acceptors (Lipinski definition) is 5. The quantitative estimate of drug-likeness (QED) is 0.188. The van der Waals surface area contributed by atoms with E-state index in [9.17, 15) is 23.5 Å². The Balaban J connectivity index is 1.60. The first-order valence-corrected chi connectivity index (χ1v) is 12.9. The van der Waals surface area contributed by atoms with E-state index in [1.807, 2.05) is 67.6 Å². The Bertz CT molecular complexity index is 1220.